The topological polar surface area (TPSA) is 82.1 Å². The lowest BCUT2D eigenvalue weighted by Crippen LogP contribution is -2.30. The van der Waals surface area contributed by atoms with Crippen LogP contribution in [0.4, 0.5) is 10.5 Å². The number of aliphatic hydroxyl groups is 1. The minimum Gasteiger partial charge on any atom is -0.457 e. The molecule has 7 heteroatoms. The molecule has 0 saturated carbocycles. The Balaban J connectivity index is 1.25. The van der Waals surface area contributed by atoms with Crippen LogP contribution in [0.15, 0.2) is 84.6 Å². The molecular formula is C27H25N3O4. The standard InChI is InChI=1S/C27H25N3O4/c31-22-14-15-29(18-22)17-20-8-6-19(7-9-20)16-25-26(32)30(27(33)28-25)21-10-12-24(13-11-21)34-23-4-2-1-3-5-23/h1-13,16,22,31H,14-15,17-18H2,(H,28,33). The molecule has 3 aromatic carbocycles. The summed E-state index contributed by atoms with van der Waals surface area (Å²) in [7, 11) is 0. The maximum absolute atomic E-state index is 12.9. The van der Waals surface area contributed by atoms with E-state index in [1.807, 2.05) is 54.6 Å². The summed E-state index contributed by atoms with van der Waals surface area (Å²) in [6, 6.07) is 23.6. The Morgan fingerprint density at radius 1 is 0.941 bits per heavy atom. The zero-order valence-electron chi connectivity index (χ0n) is 18.6. The van der Waals surface area contributed by atoms with Gasteiger partial charge < -0.3 is 15.2 Å². The lowest BCUT2D eigenvalue weighted by Gasteiger charge is -2.14. The van der Waals surface area contributed by atoms with E-state index >= 15 is 0 Å². The largest absolute Gasteiger partial charge is 0.457 e. The third-order valence-corrected chi connectivity index (χ3v) is 5.90. The van der Waals surface area contributed by atoms with Crippen LogP contribution in [-0.4, -0.2) is 41.1 Å². The number of likely N-dealkylation sites (tertiary alicyclic amines) is 1. The number of benzene rings is 3. The Bertz CT molecular complexity index is 1210. The van der Waals surface area contributed by atoms with Crippen LogP contribution in [0.3, 0.4) is 0 Å². The van der Waals surface area contributed by atoms with Gasteiger partial charge in [0, 0.05) is 19.6 Å². The van der Waals surface area contributed by atoms with E-state index < -0.39 is 11.9 Å². The van der Waals surface area contributed by atoms with Crippen LogP contribution >= 0.6 is 0 Å². The zero-order valence-corrected chi connectivity index (χ0v) is 18.6. The molecule has 7 nitrogen and oxygen atoms in total. The average Bonchev–Trinajstić information content (AvgIpc) is 3.38. The number of imide groups is 1. The van der Waals surface area contributed by atoms with Crippen molar-refractivity contribution in [3.05, 3.63) is 95.7 Å². The number of anilines is 1. The van der Waals surface area contributed by atoms with E-state index in [2.05, 4.69) is 10.2 Å². The molecule has 2 saturated heterocycles. The highest BCUT2D eigenvalue weighted by Gasteiger charge is 2.34. The summed E-state index contributed by atoms with van der Waals surface area (Å²) in [5.74, 6) is 0.914. The van der Waals surface area contributed by atoms with E-state index in [1.54, 1.807) is 30.3 Å². The van der Waals surface area contributed by atoms with Crippen LogP contribution in [0, 0.1) is 0 Å². The van der Waals surface area contributed by atoms with Crippen molar-refractivity contribution in [1.82, 2.24) is 10.2 Å². The molecule has 3 amide bonds. The lowest BCUT2D eigenvalue weighted by molar-refractivity contribution is -0.113. The van der Waals surface area contributed by atoms with Crippen LogP contribution in [0.25, 0.3) is 6.08 Å². The summed E-state index contributed by atoms with van der Waals surface area (Å²) in [6.07, 6.45) is 2.25. The van der Waals surface area contributed by atoms with E-state index in [-0.39, 0.29) is 11.8 Å². The van der Waals surface area contributed by atoms with Gasteiger partial charge in [-0.15, -0.1) is 0 Å². The minimum absolute atomic E-state index is 0.227. The molecule has 0 radical (unpaired) electrons. The van der Waals surface area contributed by atoms with Gasteiger partial charge >= 0.3 is 6.03 Å². The maximum atomic E-state index is 12.9. The summed E-state index contributed by atoms with van der Waals surface area (Å²) in [5.41, 5.74) is 2.65. The number of carbonyl (C=O) groups excluding carboxylic acids is 2. The summed E-state index contributed by atoms with van der Waals surface area (Å²) < 4.78 is 5.78. The van der Waals surface area contributed by atoms with Gasteiger partial charge in [-0.2, -0.15) is 0 Å². The number of urea groups is 1. The van der Waals surface area contributed by atoms with Gasteiger partial charge in [0.2, 0.25) is 0 Å². The molecule has 0 aliphatic carbocycles. The van der Waals surface area contributed by atoms with E-state index in [0.29, 0.717) is 23.7 Å². The monoisotopic (exact) mass is 455 g/mol. The molecule has 1 atom stereocenters. The van der Waals surface area contributed by atoms with Crippen LogP contribution in [0.1, 0.15) is 17.5 Å². The summed E-state index contributed by atoms with van der Waals surface area (Å²) in [5, 5.41) is 12.3. The predicted molar refractivity (Wildman–Crippen MR) is 129 cm³/mol. The highest BCUT2D eigenvalue weighted by atomic mass is 16.5. The quantitative estimate of drug-likeness (QED) is 0.431. The number of rotatable bonds is 6. The first kappa shape index (κ1) is 21.9. The number of β-amino-alcohol motifs (C(OH)–C–C–N with tert-alkyl or cyclic N) is 1. The second kappa shape index (κ2) is 9.51. The van der Waals surface area contributed by atoms with Crippen molar-refractivity contribution in [2.24, 2.45) is 0 Å². The molecule has 0 aromatic heterocycles. The third-order valence-electron chi connectivity index (χ3n) is 5.90. The molecule has 2 fully saturated rings. The molecule has 2 aliphatic rings. The molecule has 2 heterocycles. The molecule has 1 unspecified atom stereocenters. The predicted octanol–water partition coefficient (Wildman–Crippen LogP) is 4.14. The van der Waals surface area contributed by atoms with Crippen molar-refractivity contribution in [2.45, 2.75) is 19.1 Å². The number of aliphatic hydroxyl groups excluding tert-OH is 1. The highest BCUT2D eigenvalue weighted by molar-refractivity contribution is 6.28. The normalized spacial score (nSPS) is 19.6. The molecule has 0 spiro atoms. The van der Waals surface area contributed by atoms with Gasteiger partial charge in [0.05, 0.1) is 11.8 Å². The van der Waals surface area contributed by atoms with Crippen molar-refractivity contribution in [2.75, 3.05) is 18.0 Å². The smallest absolute Gasteiger partial charge is 0.333 e. The van der Waals surface area contributed by atoms with E-state index in [1.165, 1.54) is 0 Å². The summed E-state index contributed by atoms with van der Waals surface area (Å²) >= 11 is 0. The van der Waals surface area contributed by atoms with Crippen LogP contribution in [0.2, 0.25) is 0 Å². The van der Waals surface area contributed by atoms with Crippen molar-refractivity contribution in [3.63, 3.8) is 0 Å². The first-order valence-electron chi connectivity index (χ1n) is 11.2. The molecule has 2 N–H and O–H groups in total. The number of ether oxygens (including phenoxy) is 1. The molecule has 3 aromatic rings. The fourth-order valence-corrected chi connectivity index (χ4v) is 4.16. The number of nitrogens with one attached hydrogen (secondary N) is 1. The Labute approximate surface area is 197 Å². The fourth-order valence-electron chi connectivity index (χ4n) is 4.16. The number of nitrogens with zero attached hydrogens (tertiary/aromatic N) is 2. The number of para-hydroxylation sites is 1. The average molecular weight is 456 g/mol. The first-order chi connectivity index (χ1) is 16.5. The number of hydrogen-bond donors (Lipinski definition) is 2. The second-order valence-electron chi connectivity index (χ2n) is 8.46. The minimum atomic E-state index is -0.489. The molecule has 0 bridgehead atoms. The van der Waals surface area contributed by atoms with Crippen molar-refractivity contribution in [1.29, 1.82) is 0 Å². The molecule has 172 valence electrons. The van der Waals surface area contributed by atoms with Crippen LogP contribution in [-0.2, 0) is 11.3 Å². The fraction of sp³-hybridized carbons (Fsp3) is 0.185. The summed E-state index contributed by atoms with van der Waals surface area (Å²) in [4.78, 5) is 28.8. The Morgan fingerprint density at radius 3 is 2.32 bits per heavy atom. The molecule has 34 heavy (non-hydrogen) atoms. The Morgan fingerprint density at radius 2 is 1.65 bits per heavy atom. The number of amides is 3. The second-order valence-corrected chi connectivity index (χ2v) is 8.46. The highest BCUT2D eigenvalue weighted by Crippen LogP contribution is 2.27. The first-order valence-corrected chi connectivity index (χ1v) is 11.2. The van der Waals surface area contributed by atoms with E-state index in [9.17, 15) is 14.7 Å². The maximum Gasteiger partial charge on any atom is 0.333 e. The van der Waals surface area contributed by atoms with E-state index in [4.69, 9.17) is 4.74 Å². The number of hydrogen-bond acceptors (Lipinski definition) is 5. The van der Waals surface area contributed by atoms with Crippen molar-refractivity contribution >= 4 is 23.7 Å². The van der Waals surface area contributed by atoms with Crippen molar-refractivity contribution in [3.8, 4) is 11.5 Å². The van der Waals surface area contributed by atoms with Gasteiger partial charge in [-0.05, 0) is 60.0 Å². The number of carbonyl (C=O) groups is 2. The van der Waals surface area contributed by atoms with Crippen LogP contribution < -0.4 is 15.0 Å². The van der Waals surface area contributed by atoms with Gasteiger partial charge in [0.1, 0.15) is 17.2 Å². The molecule has 2 aliphatic heterocycles. The third kappa shape index (κ3) is 4.85. The van der Waals surface area contributed by atoms with Gasteiger partial charge in [0.15, 0.2) is 0 Å². The molecular weight excluding hydrogens is 430 g/mol. The SMILES string of the molecule is O=C1NC(=Cc2ccc(CN3CCC(O)C3)cc2)C(=O)N1c1ccc(Oc2ccccc2)cc1. The molecule has 5 rings (SSSR count). The van der Waals surface area contributed by atoms with Gasteiger partial charge in [-0.3, -0.25) is 9.69 Å². The lowest BCUT2D eigenvalue weighted by atomic mass is 10.1. The van der Waals surface area contributed by atoms with Gasteiger partial charge in [-0.25, -0.2) is 9.69 Å². The van der Waals surface area contributed by atoms with Gasteiger partial charge in [0.25, 0.3) is 5.91 Å². The van der Waals surface area contributed by atoms with E-state index in [0.717, 1.165) is 35.5 Å². The summed E-state index contributed by atoms with van der Waals surface area (Å²) in [6.45, 7) is 2.37. The van der Waals surface area contributed by atoms with Gasteiger partial charge in [-0.1, -0.05) is 42.5 Å². The van der Waals surface area contributed by atoms with Crippen LogP contribution in [0.5, 0.6) is 11.5 Å². The Kier molecular flexibility index (Phi) is 6.12. The zero-order chi connectivity index (χ0) is 23.5. The Hall–Kier alpha value is -3.94. The van der Waals surface area contributed by atoms with Crippen molar-refractivity contribution < 1.29 is 19.4 Å².